The Morgan fingerprint density at radius 1 is 0.609 bits per heavy atom. The van der Waals surface area contributed by atoms with Crippen LogP contribution in [0.5, 0.6) is 0 Å². The fourth-order valence-corrected chi connectivity index (χ4v) is 9.96. The van der Waals surface area contributed by atoms with Crippen LogP contribution in [0.25, 0.3) is 22.5 Å². The van der Waals surface area contributed by atoms with Gasteiger partial charge in [-0.15, -0.1) is 6.61 Å². The summed E-state index contributed by atoms with van der Waals surface area (Å²) in [6.45, 7) is 21.9. The van der Waals surface area contributed by atoms with Crippen LogP contribution in [-0.4, -0.2) is 126 Å². The number of aromatic nitrogens is 6. The summed E-state index contributed by atoms with van der Waals surface area (Å²) in [6, 6.07) is 20.3. The summed E-state index contributed by atoms with van der Waals surface area (Å²) >= 11 is 0. The molecule has 6 aromatic rings. The van der Waals surface area contributed by atoms with Crippen LogP contribution < -0.4 is 55.7 Å². The Morgan fingerprint density at radius 3 is 1.37 bits per heavy atom. The molecule has 4 aromatic heterocycles. The van der Waals surface area contributed by atoms with Gasteiger partial charge in [0.1, 0.15) is 45.6 Å². The topological polar surface area (TPSA) is 268 Å². The number of piperidine rings is 2. The molecule has 87 heavy (non-hydrogen) atoms. The van der Waals surface area contributed by atoms with Crippen LogP contribution in [0.1, 0.15) is 198 Å². The van der Waals surface area contributed by atoms with Gasteiger partial charge in [0, 0.05) is 82.6 Å². The number of ether oxygens (including phenoxy) is 2. The smallest absolute Gasteiger partial charge is 0.855 e. The van der Waals surface area contributed by atoms with E-state index in [-0.39, 0.29) is 77.2 Å². The van der Waals surface area contributed by atoms with Crippen LogP contribution in [0, 0.1) is 0 Å². The Labute approximate surface area is 532 Å². The van der Waals surface area contributed by atoms with E-state index in [1.165, 1.54) is 30.5 Å². The molecule has 23 heteroatoms. The van der Waals surface area contributed by atoms with Gasteiger partial charge in [0.05, 0.1) is 12.1 Å². The number of likely N-dealkylation sites (tertiary alicyclic amines) is 2. The SMILES string of the molecule is CC[O-].CCc1ccnc(NC(=O)c2ccc(-c3nc([C@@H]4CCCCN4C(=O)OC(C)(C)C)n(N(C)C(C)=O)c3C(C)=O)cc2)c1.CCc1ccnc(NC(=O)c2ccc(-c3nc([C@@H]4CCCCN4C(=O)OC(C)(C)C)n(NC)c3C(C)=O)cc2)c1.[Na+]. The van der Waals surface area contributed by atoms with Crippen LogP contribution >= 0.6 is 0 Å². The quantitative estimate of drug-likeness (QED) is 0.0704. The first kappa shape index (κ1) is 70.0. The van der Waals surface area contributed by atoms with E-state index >= 15 is 0 Å². The molecule has 2 saturated heterocycles. The van der Waals surface area contributed by atoms with Crippen molar-refractivity contribution in [2.24, 2.45) is 0 Å². The first-order valence-electron chi connectivity index (χ1n) is 29.2. The van der Waals surface area contributed by atoms with Gasteiger partial charge >= 0.3 is 41.7 Å². The number of rotatable bonds is 14. The molecule has 2 aliphatic heterocycles. The zero-order valence-corrected chi connectivity index (χ0v) is 55.1. The Kier molecular flexibility index (Phi) is 25.1. The van der Waals surface area contributed by atoms with Crippen molar-refractivity contribution in [3.63, 3.8) is 0 Å². The third-order valence-corrected chi connectivity index (χ3v) is 14.1. The largest absolute Gasteiger partial charge is 1.00 e. The predicted octanol–water partition coefficient (Wildman–Crippen LogP) is 7.51. The number of anilines is 2. The first-order chi connectivity index (χ1) is 40.7. The minimum Gasteiger partial charge on any atom is -0.855 e. The van der Waals surface area contributed by atoms with Gasteiger partial charge in [0.15, 0.2) is 23.2 Å². The van der Waals surface area contributed by atoms with Crippen molar-refractivity contribution in [3.05, 3.63) is 130 Å². The molecule has 22 nitrogen and oxygen atoms in total. The van der Waals surface area contributed by atoms with Crippen molar-refractivity contribution < 1.29 is 77.7 Å². The fourth-order valence-electron chi connectivity index (χ4n) is 9.96. The van der Waals surface area contributed by atoms with E-state index < -0.39 is 29.4 Å². The van der Waals surface area contributed by atoms with Crippen LogP contribution in [0.15, 0.2) is 85.2 Å². The molecule has 0 unspecified atom stereocenters. The first-order valence-corrected chi connectivity index (χ1v) is 29.2. The number of amides is 5. The molecular formula is C64H83N12NaO10. The van der Waals surface area contributed by atoms with Gasteiger partial charge in [-0.05, 0) is 153 Å². The summed E-state index contributed by atoms with van der Waals surface area (Å²) in [5.74, 6) is 0.532. The van der Waals surface area contributed by atoms with Crippen LogP contribution in [0.4, 0.5) is 21.2 Å². The number of nitrogens with zero attached hydrogens (tertiary/aromatic N) is 9. The maximum Gasteiger partial charge on any atom is 1.00 e. The van der Waals surface area contributed by atoms with E-state index in [0.29, 0.717) is 88.6 Å². The summed E-state index contributed by atoms with van der Waals surface area (Å²) in [5.41, 5.74) is 7.46. The van der Waals surface area contributed by atoms with Gasteiger partial charge in [-0.2, -0.15) is 0 Å². The number of aryl methyl sites for hydroxylation is 2. The molecule has 0 saturated carbocycles. The average molecular weight is 1200 g/mol. The second-order valence-electron chi connectivity index (χ2n) is 22.9. The Hall–Kier alpha value is -7.79. The fraction of sp³-hybridized carbons (Fsp3) is 0.453. The van der Waals surface area contributed by atoms with E-state index in [2.05, 4.69) is 26.0 Å². The standard InChI is InChI=1S/C32H40N6O5.C30H38N6O4.C2H5O.Na/c1-8-22-16-17-33-26(19-22)34-30(41)24-14-12-23(13-15-24)27-28(20(2)39)38(36(7)21(3)40)29(35-27)25-11-9-10-18-37(25)31(42)43-32(4,5)6;1-7-20-15-16-32-24(18-20)33-28(38)22-13-11-21(12-14-22)25-26(19(2)37)36(31-6)27(34-25)23-10-8-9-17-35(23)29(39)40-30(3,4)5;1-2-3;/h12-17,19,25H,8-11,18H2,1-7H3,(H,33,34,41);11-16,18,23,31H,7-10,17H2,1-6H3,(H,32,33,38);2H2,1H3;/q;;-1;+1/t25-;23-;;/m00../s1. The molecule has 2 fully saturated rings. The summed E-state index contributed by atoms with van der Waals surface area (Å²) < 4.78 is 14.6. The van der Waals surface area contributed by atoms with Crippen LogP contribution in [0.3, 0.4) is 0 Å². The molecule has 5 amide bonds. The second kappa shape index (κ2) is 31.2. The zero-order chi connectivity index (χ0) is 63.2. The Balaban J connectivity index is 0.000000301. The molecule has 2 atom stereocenters. The molecule has 2 aromatic carbocycles. The number of carbonyl (C=O) groups is 7. The molecule has 0 spiro atoms. The van der Waals surface area contributed by atoms with Crippen molar-refractivity contribution >= 4 is 53.1 Å². The average Bonchev–Trinajstić information content (AvgIpc) is 1.66. The Bertz CT molecular complexity index is 3380. The van der Waals surface area contributed by atoms with E-state index in [0.717, 1.165) is 49.7 Å². The monoisotopic (exact) mass is 1200 g/mol. The van der Waals surface area contributed by atoms with Crippen molar-refractivity contribution in [2.45, 2.75) is 158 Å². The summed E-state index contributed by atoms with van der Waals surface area (Å²) in [5, 5.41) is 15.9. The van der Waals surface area contributed by atoms with Gasteiger partial charge in [-0.3, -0.25) is 38.8 Å². The van der Waals surface area contributed by atoms with E-state index in [1.807, 2.05) is 79.7 Å². The minimum atomic E-state index is -0.691. The molecular weight excluding hydrogens is 1120 g/mol. The number of benzene rings is 2. The normalized spacial score (nSPS) is 14.8. The zero-order valence-electron chi connectivity index (χ0n) is 53.1. The number of hydrogen-bond acceptors (Lipinski definition) is 15. The molecule has 2 aliphatic rings. The summed E-state index contributed by atoms with van der Waals surface area (Å²) in [4.78, 5) is 112. The molecule has 460 valence electrons. The molecule has 6 heterocycles. The molecule has 0 radical (unpaired) electrons. The molecule has 8 rings (SSSR count). The molecule has 3 N–H and O–H groups in total. The van der Waals surface area contributed by atoms with Gasteiger partial charge in [-0.1, -0.05) is 45.0 Å². The van der Waals surface area contributed by atoms with Gasteiger partial charge < -0.3 is 30.6 Å². The number of nitrogens with one attached hydrogen (secondary N) is 3. The van der Waals surface area contributed by atoms with E-state index in [1.54, 1.807) is 96.4 Å². The van der Waals surface area contributed by atoms with Crippen molar-refractivity contribution in [1.29, 1.82) is 0 Å². The minimum absolute atomic E-state index is 0. The molecule has 0 aliphatic carbocycles. The number of hydrogen-bond donors (Lipinski definition) is 3. The van der Waals surface area contributed by atoms with E-state index in [4.69, 9.17) is 24.5 Å². The third-order valence-electron chi connectivity index (χ3n) is 14.1. The number of ketones is 2. The van der Waals surface area contributed by atoms with Crippen molar-refractivity contribution in [1.82, 2.24) is 39.1 Å². The summed E-state index contributed by atoms with van der Waals surface area (Å²) in [7, 11) is 3.29. The Morgan fingerprint density at radius 2 is 1.00 bits per heavy atom. The third kappa shape index (κ3) is 18.1. The second-order valence-corrected chi connectivity index (χ2v) is 22.9. The number of carbonyl (C=O) groups excluding carboxylic acids is 7. The number of Topliss-reactive ketones (excluding diaryl/α,β-unsaturated/α-hetero) is 2. The van der Waals surface area contributed by atoms with Crippen LogP contribution in [0.2, 0.25) is 0 Å². The van der Waals surface area contributed by atoms with Gasteiger partial charge in [0.2, 0.25) is 5.91 Å². The maximum atomic E-state index is 13.3. The summed E-state index contributed by atoms with van der Waals surface area (Å²) in [6.07, 6.45) is 8.83. The molecule has 0 bridgehead atoms. The van der Waals surface area contributed by atoms with Crippen molar-refractivity contribution in [2.75, 3.05) is 54.9 Å². The number of pyridine rings is 2. The van der Waals surface area contributed by atoms with Crippen molar-refractivity contribution in [3.8, 4) is 22.5 Å². The van der Waals surface area contributed by atoms with E-state index in [9.17, 15) is 33.6 Å². The maximum absolute atomic E-state index is 13.3. The number of imidazole rings is 2. The predicted molar refractivity (Wildman–Crippen MR) is 328 cm³/mol. The van der Waals surface area contributed by atoms with Gasteiger partial charge in [-0.25, -0.2) is 38.9 Å². The van der Waals surface area contributed by atoms with Gasteiger partial charge in [0.25, 0.3) is 11.8 Å². The van der Waals surface area contributed by atoms with Crippen LogP contribution in [-0.2, 0) is 27.1 Å².